The topological polar surface area (TPSA) is 69.0 Å². The molecule has 0 amide bonds. The number of aromatic nitrogens is 5. The molecule has 2 aromatic heterocycles. The molecule has 0 saturated carbocycles. The van der Waals surface area contributed by atoms with Crippen molar-refractivity contribution < 1.29 is 4.74 Å². The van der Waals surface area contributed by atoms with E-state index in [1.54, 1.807) is 18.7 Å². The Kier molecular flexibility index (Phi) is 3.98. The summed E-state index contributed by atoms with van der Waals surface area (Å²) in [6.45, 7) is 4.41. The van der Waals surface area contributed by atoms with Crippen molar-refractivity contribution in [3.05, 3.63) is 24.5 Å². The SMILES string of the molecule is CCOc1cncc(N2CCC[C@H](c3nncn3C)C2)n1. The molecule has 1 aliphatic rings. The van der Waals surface area contributed by atoms with Crippen molar-refractivity contribution in [1.29, 1.82) is 0 Å². The largest absolute Gasteiger partial charge is 0.477 e. The minimum atomic E-state index is 0.379. The van der Waals surface area contributed by atoms with Crippen LogP contribution in [0.4, 0.5) is 5.82 Å². The normalized spacial score (nSPS) is 18.8. The molecule has 0 bridgehead atoms. The second-order valence-corrected chi connectivity index (χ2v) is 5.23. The van der Waals surface area contributed by atoms with Crippen LogP contribution in [0, 0.1) is 0 Å². The first-order valence-electron chi connectivity index (χ1n) is 7.31. The third-order valence-electron chi connectivity index (χ3n) is 3.75. The van der Waals surface area contributed by atoms with Crippen LogP contribution in [0.2, 0.25) is 0 Å². The third-order valence-corrected chi connectivity index (χ3v) is 3.75. The molecule has 112 valence electrons. The van der Waals surface area contributed by atoms with Crippen molar-refractivity contribution in [2.75, 3.05) is 24.6 Å². The second-order valence-electron chi connectivity index (χ2n) is 5.23. The Morgan fingerprint density at radius 1 is 1.38 bits per heavy atom. The maximum atomic E-state index is 5.43. The van der Waals surface area contributed by atoms with Gasteiger partial charge in [-0.25, -0.2) is 0 Å². The van der Waals surface area contributed by atoms with Crippen LogP contribution >= 0.6 is 0 Å². The molecule has 7 heteroatoms. The molecule has 3 heterocycles. The average molecular weight is 288 g/mol. The number of rotatable bonds is 4. The van der Waals surface area contributed by atoms with Gasteiger partial charge in [-0.15, -0.1) is 10.2 Å². The van der Waals surface area contributed by atoms with E-state index in [4.69, 9.17) is 4.74 Å². The van der Waals surface area contributed by atoms with Crippen LogP contribution in [0.3, 0.4) is 0 Å². The van der Waals surface area contributed by atoms with Gasteiger partial charge in [0.2, 0.25) is 5.88 Å². The summed E-state index contributed by atoms with van der Waals surface area (Å²) in [5.41, 5.74) is 0. The third kappa shape index (κ3) is 2.96. The van der Waals surface area contributed by atoms with Crippen LogP contribution in [-0.4, -0.2) is 44.4 Å². The van der Waals surface area contributed by atoms with Crippen LogP contribution in [0.25, 0.3) is 0 Å². The monoisotopic (exact) mass is 288 g/mol. The standard InChI is InChI=1S/C14H20N6O/c1-3-21-13-8-15-7-12(17-13)20-6-4-5-11(9-20)14-18-16-10-19(14)2/h7-8,10-11H,3-6,9H2,1-2H3/t11-/m0/s1. The lowest BCUT2D eigenvalue weighted by Gasteiger charge is -2.32. The average Bonchev–Trinajstić information content (AvgIpc) is 2.94. The maximum absolute atomic E-state index is 5.43. The van der Waals surface area contributed by atoms with Gasteiger partial charge in [-0.2, -0.15) is 4.98 Å². The summed E-state index contributed by atoms with van der Waals surface area (Å²) >= 11 is 0. The second kappa shape index (κ2) is 6.07. The van der Waals surface area contributed by atoms with Crippen LogP contribution in [-0.2, 0) is 7.05 Å². The number of nitrogens with zero attached hydrogens (tertiary/aromatic N) is 6. The number of piperidine rings is 1. The quantitative estimate of drug-likeness (QED) is 0.847. The summed E-state index contributed by atoms with van der Waals surface area (Å²) in [6, 6.07) is 0. The predicted octanol–water partition coefficient (Wildman–Crippen LogP) is 1.39. The highest BCUT2D eigenvalue weighted by Crippen LogP contribution is 2.28. The fourth-order valence-corrected chi connectivity index (χ4v) is 2.77. The minimum Gasteiger partial charge on any atom is -0.477 e. The summed E-state index contributed by atoms with van der Waals surface area (Å²) in [4.78, 5) is 11.0. The van der Waals surface area contributed by atoms with Gasteiger partial charge in [0.05, 0.1) is 19.0 Å². The first kappa shape index (κ1) is 13.8. The van der Waals surface area contributed by atoms with Gasteiger partial charge in [-0.05, 0) is 19.8 Å². The van der Waals surface area contributed by atoms with E-state index in [0.29, 0.717) is 18.4 Å². The van der Waals surface area contributed by atoms with Gasteiger partial charge in [0.25, 0.3) is 0 Å². The highest BCUT2D eigenvalue weighted by Gasteiger charge is 2.25. The molecule has 0 unspecified atom stereocenters. The van der Waals surface area contributed by atoms with Crippen molar-refractivity contribution in [2.24, 2.45) is 7.05 Å². The molecular formula is C14H20N6O. The Morgan fingerprint density at radius 3 is 3.05 bits per heavy atom. The molecule has 0 aliphatic carbocycles. The Hall–Kier alpha value is -2.18. The van der Waals surface area contributed by atoms with E-state index < -0.39 is 0 Å². The first-order chi connectivity index (χ1) is 10.3. The zero-order chi connectivity index (χ0) is 14.7. The van der Waals surface area contributed by atoms with Crippen molar-refractivity contribution in [2.45, 2.75) is 25.7 Å². The first-order valence-corrected chi connectivity index (χ1v) is 7.31. The molecule has 21 heavy (non-hydrogen) atoms. The van der Waals surface area contributed by atoms with Gasteiger partial charge in [0, 0.05) is 26.1 Å². The lowest BCUT2D eigenvalue weighted by molar-refractivity contribution is 0.325. The molecule has 7 nitrogen and oxygen atoms in total. The molecule has 1 fully saturated rings. The van der Waals surface area contributed by atoms with Gasteiger partial charge >= 0.3 is 0 Å². The van der Waals surface area contributed by atoms with E-state index >= 15 is 0 Å². The van der Waals surface area contributed by atoms with Crippen LogP contribution in [0.5, 0.6) is 5.88 Å². The molecule has 1 saturated heterocycles. The molecule has 2 aromatic rings. The summed E-state index contributed by atoms with van der Waals surface area (Å²) in [7, 11) is 1.99. The number of ether oxygens (including phenoxy) is 1. The number of hydrogen-bond acceptors (Lipinski definition) is 6. The van der Waals surface area contributed by atoms with E-state index in [0.717, 1.165) is 37.6 Å². The van der Waals surface area contributed by atoms with E-state index in [9.17, 15) is 0 Å². The van der Waals surface area contributed by atoms with Gasteiger partial charge in [-0.3, -0.25) is 4.98 Å². The highest BCUT2D eigenvalue weighted by molar-refractivity contribution is 5.39. The minimum absolute atomic E-state index is 0.379. The summed E-state index contributed by atoms with van der Waals surface area (Å²) in [6.07, 6.45) is 7.43. The van der Waals surface area contributed by atoms with Crippen LogP contribution in [0.1, 0.15) is 31.5 Å². The highest BCUT2D eigenvalue weighted by atomic mass is 16.5. The van der Waals surface area contributed by atoms with Crippen molar-refractivity contribution in [3.63, 3.8) is 0 Å². The summed E-state index contributed by atoms with van der Waals surface area (Å²) < 4.78 is 7.43. The number of aryl methyl sites for hydroxylation is 1. The molecule has 0 spiro atoms. The van der Waals surface area contributed by atoms with E-state index in [1.165, 1.54) is 0 Å². The number of hydrogen-bond donors (Lipinski definition) is 0. The molecule has 0 N–H and O–H groups in total. The fraction of sp³-hybridized carbons (Fsp3) is 0.571. The zero-order valence-corrected chi connectivity index (χ0v) is 12.4. The van der Waals surface area contributed by atoms with Crippen molar-refractivity contribution in [1.82, 2.24) is 24.7 Å². The van der Waals surface area contributed by atoms with Crippen LogP contribution < -0.4 is 9.64 Å². The summed E-state index contributed by atoms with van der Waals surface area (Å²) in [5.74, 6) is 2.86. The summed E-state index contributed by atoms with van der Waals surface area (Å²) in [5, 5.41) is 8.22. The fourth-order valence-electron chi connectivity index (χ4n) is 2.77. The lowest BCUT2D eigenvalue weighted by atomic mass is 9.97. The lowest BCUT2D eigenvalue weighted by Crippen LogP contribution is -2.35. The smallest absolute Gasteiger partial charge is 0.234 e. The predicted molar refractivity (Wildman–Crippen MR) is 78.4 cm³/mol. The molecule has 3 rings (SSSR count). The Bertz CT molecular complexity index is 599. The van der Waals surface area contributed by atoms with Gasteiger partial charge < -0.3 is 14.2 Å². The molecule has 1 atom stereocenters. The zero-order valence-electron chi connectivity index (χ0n) is 12.4. The molecular weight excluding hydrogens is 268 g/mol. The van der Waals surface area contributed by atoms with Crippen LogP contribution in [0.15, 0.2) is 18.7 Å². The number of anilines is 1. The Balaban J connectivity index is 1.77. The molecule has 0 radical (unpaired) electrons. The van der Waals surface area contributed by atoms with Crippen molar-refractivity contribution in [3.8, 4) is 5.88 Å². The van der Waals surface area contributed by atoms with Gasteiger partial charge in [0.1, 0.15) is 12.2 Å². The molecule has 1 aliphatic heterocycles. The van der Waals surface area contributed by atoms with Gasteiger partial charge in [-0.1, -0.05) is 0 Å². The van der Waals surface area contributed by atoms with Crippen molar-refractivity contribution >= 4 is 5.82 Å². The maximum Gasteiger partial charge on any atom is 0.234 e. The Morgan fingerprint density at radius 2 is 2.29 bits per heavy atom. The van der Waals surface area contributed by atoms with E-state index in [2.05, 4.69) is 25.1 Å². The Labute approximate surface area is 124 Å². The molecule has 0 aromatic carbocycles. The van der Waals surface area contributed by atoms with Gasteiger partial charge in [0.15, 0.2) is 5.82 Å². The van der Waals surface area contributed by atoms with E-state index in [1.807, 2.05) is 18.5 Å². The van der Waals surface area contributed by atoms with E-state index in [-0.39, 0.29) is 0 Å².